The molecule has 6 nitrogen and oxygen atoms in total. The van der Waals surface area contributed by atoms with Gasteiger partial charge in [0.05, 0.1) is 12.3 Å². The first-order valence-electron chi connectivity index (χ1n) is 10.7. The Morgan fingerprint density at radius 2 is 1.48 bits per heavy atom. The molecule has 0 amide bonds. The lowest BCUT2D eigenvalue weighted by Crippen LogP contribution is -2.40. The minimum absolute atomic E-state index is 0.0520. The van der Waals surface area contributed by atoms with Crippen molar-refractivity contribution in [3.05, 3.63) is 0 Å². The summed E-state index contributed by atoms with van der Waals surface area (Å²) in [5.41, 5.74) is 4.60. The van der Waals surface area contributed by atoms with Crippen LogP contribution in [-0.4, -0.2) is 42.8 Å². The van der Waals surface area contributed by atoms with E-state index in [4.69, 9.17) is 15.2 Å². The Labute approximate surface area is 178 Å². The van der Waals surface area contributed by atoms with Gasteiger partial charge in [0.15, 0.2) is 0 Å². The maximum Gasteiger partial charge on any atom is 0.310 e. The van der Waals surface area contributed by atoms with Crippen LogP contribution in [0.2, 0.25) is 0 Å². The lowest BCUT2D eigenvalue weighted by atomic mass is 9.72. The highest BCUT2D eigenvalue weighted by Crippen LogP contribution is 2.37. The maximum atomic E-state index is 12.9. The number of rotatable bonds is 11. The molecule has 0 fully saturated rings. The Bertz CT molecular complexity index is 522. The first-order chi connectivity index (χ1) is 12.8. The largest absolute Gasteiger partial charge is 0.464 e. The predicted molar refractivity (Wildman–Crippen MR) is 119 cm³/mol. The van der Waals surface area contributed by atoms with E-state index in [9.17, 15) is 9.59 Å². The number of nitrogens with one attached hydrogen (secondary N) is 1. The fourth-order valence-electron chi connectivity index (χ4n) is 2.79. The van der Waals surface area contributed by atoms with Crippen LogP contribution in [0.25, 0.3) is 0 Å². The highest BCUT2D eigenvalue weighted by Gasteiger charge is 2.38. The zero-order valence-electron chi connectivity index (χ0n) is 20.5. The fourth-order valence-corrected chi connectivity index (χ4v) is 2.79. The van der Waals surface area contributed by atoms with E-state index < -0.39 is 11.1 Å². The molecule has 6 heteroatoms. The summed E-state index contributed by atoms with van der Waals surface area (Å²) >= 11 is 0. The van der Waals surface area contributed by atoms with Gasteiger partial charge in [-0.1, -0.05) is 41.5 Å². The number of hydrogen-bond acceptors (Lipinski definition) is 6. The predicted octanol–water partition coefficient (Wildman–Crippen LogP) is 4.06. The van der Waals surface area contributed by atoms with Crippen LogP contribution in [0, 0.1) is 16.7 Å². The Kier molecular flexibility index (Phi) is 10.3. The van der Waals surface area contributed by atoms with Crippen molar-refractivity contribution in [1.29, 1.82) is 0 Å². The summed E-state index contributed by atoms with van der Waals surface area (Å²) in [7, 11) is 0. The molecule has 1 atom stereocenters. The van der Waals surface area contributed by atoms with Crippen molar-refractivity contribution in [3.63, 3.8) is 0 Å². The molecule has 0 saturated carbocycles. The molecule has 0 aromatic rings. The van der Waals surface area contributed by atoms with Crippen molar-refractivity contribution in [2.45, 2.75) is 99.6 Å². The third kappa shape index (κ3) is 14.5. The molecule has 0 saturated heterocycles. The van der Waals surface area contributed by atoms with E-state index in [1.807, 2.05) is 27.7 Å². The normalized spacial score (nSPS) is 14.4. The molecule has 0 heterocycles. The second-order valence-corrected chi connectivity index (χ2v) is 11.8. The highest BCUT2D eigenvalue weighted by molar-refractivity contribution is 5.73. The van der Waals surface area contributed by atoms with Gasteiger partial charge in [-0.05, 0) is 57.9 Å². The van der Waals surface area contributed by atoms with Crippen LogP contribution in [0.3, 0.4) is 0 Å². The number of ether oxygens (including phenoxy) is 2. The summed E-state index contributed by atoms with van der Waals surface area (Å²) in [6.07, 6.45) is 1.73. The van der Waals surface area contributed by atoms with Gasteiger partial charge in [-0.3, -0.25) is 9.59 Å². The third-order valence-electron chi connectivity index (χ3n) is 4.54. The van der Waals surface area contributed by atoms with Crippen LogP contribution in [0.1, 0.15) is 88.5 Å². The first kappa shape index (κ1) is 27.9. The number of carbonyl (C=O) groups is 2. The second kappa shape index (κ2) is 10.8. The van der Waals surface area contributed by atoms with E-state index in [1.165, 1.54) is 0 Å². The van der Waals surface area contributed by atoms with Crippen molar-refractivity contribution >= 4 is 11.9 Å². The number of nitrogens with two attached hydrogens (primary N) is 1. The third-order valence-corrected chi connectivity index (χ3v) is 4.54. The molecule has 3 N–H and O–H groups in total. The lowest BCUT2D eigenvalue weighted by molar-refractivity contribution is -0.167. The summed E-state index contributed by atoms with van der Waals surface area (Å²) in [6, 6.07) is 0. The molecule has 0 bridgehead atoms. The average Bonchev–Trinajstić information content (AvgIpc) is 2.47. The molecule has 0 aromatic carbocycles. The SMILES string of the molecule is CC(C)(C)CC(C(=O)OC(C)(C)CCNCCC(=O)OCC(C)(C)N)C(C)(C)C. The monoisotopic (exact) mass is 414 g/mol. The van der Waals surface area contributed by atoms with Gasteiger partial charge in [0, 0.05) is 12.1 Å². The molecule has 0 aromatic heterocycles. The quantitative estimate of drug-likeness (QED) is 0.391. The molecular weight excluding hydrogens is 368 g/mol. The molecule has 172 valence electrons. The smallest absolute Gasteiger partial charge is 0.310 e. The van der Waals surface area contributed by atoms with Crippen molar-refractivity contribution in [1.82, 2.24) is 5.32 Å². The van der Waals surface area contributed by atoms with Crippen LogP contribution in [0.4, 0.5) is 0 Å². The Balaban J connectivity index is 4.43. The van der Waals surface area contributed by atoms with Gasteiger partial charge in [-0.2, -0.15) is 0 Å². The summed E-state index contributed by atoms with van der Waals surface area (Å²) in [5, 5.41) is 3.22. The number of hydrogen-bond donors (Lipinski definition) is 2. The maximum absolute atomic E-state index is 12.9. The van der Waals surface area contributed by atoms with Crippen molar-refractivity contribution in [3.8, 4) is 0 Å². The molecule has 0 rings (SSSR count). The van der Waals surface area contributed by atoms with E-state index in [0.717, 1.165) is 6.42 Å². The molecular formula is C23H46N2O4. The Hall–Kier alpha value is -1.14. The van der Waals surface area contributed by atoms with Crippen molar-refractivity contribution in [2.24, 2.45) is 22.5 Å². The zero-order valence-corrected chi connectivity index (χ0v) is 20.5. The molecule has 0 spiro atoms. The van der Waals surface area contributed by atoms with Crippen LogP contribution in [-0.2, 0) is 19.1 Å². The summed E-state index contributed by atoms with van der Waals surface area (Å²) in [5.74, 6) is -0.557. The molecule has 29 heavy (non-hydrogen) atoms. The van der Waals surface area contributed by atoms with Crippen LogP contribution in [0.15, 0.2) is 0 Å². The molecule has 1 unspecified atom stereocenters. The van der Waals surface area contributed by atoms with Crippen molar-refractivity contribution in [2.75, 3.05) is 19.7 Å². The van der Waals surface area contributed by atoms with Gasteiger partial charge in [-0.25, -0.2) is 0 Å². The Morgan fingerprint density at radius 1 is 0.931 bits per heavy atom. The molecule has 0 aliphatic carbocycles. The van der Waals surface area contributed by atoms with Gasteiger partial charge in [0.2, 0.25) is 0 Å². The minimum atomic E-state index is -0.574. The van der Waals surface area contributed by atoms with Crippen molar-refractivity contribution < 1.29 is 19.1 Å². The first-order valence-corrected chi connectivity index (χ1v) is 10.7. The second-order valence-electron chi connectivity index (χ2n) is 11.8. The summed E-state index contributed by atoms with van der Waals surface area (Å²) in [6.45, 7) is 21.6. The van der Waals surface area contributed by atoms with Gasteiger partial charge in [0.25, 0.3) is 0 Å². The molecule has 0 aliphatic rings. The van der Waals surface area contributed by atoms with Crippen LogP contribution >= 0.6 is 0 Å². The van der Waals surface area contributed by atoms with Gasteiger partial charge < -0.3 is 20.5 Å². The van der Waals surface area contributed by atoms with Gasteiger partial charge in [0.1, 0.15) is 12.2 Å². The van der Waals surface area contributed by atoms with E-state index in [2.05, 4.69) is 46.9 Å². The highest BCUT2D eigenvalue weighted by atomic mass is 16.6. The number of carbonyl (C=O) groups excluding carboxylic acids is 2. The van der Waals surface area contributed by atoms with Crippen LogP contribution in [0.5, 0.6) is 0 Å². The van der Waals surface area contributed by atoms with E-state index in [0.29, 0.717) is 19.5 Å². The summed E-state index contributed by atoms with van der Waals surface area (Å²) < 4.78 is 11.0. The van der Waals surface area contributed by atoms with E-state index in [1.54, 1.807) is 0 Å². The average molecular weight is 415 g/mol. The van der Waals surface area contributed by atoms with E-state index >= 15 is 0 Å². The van der Waals surface area contributed by atoms with E-state index in [-0.39, 0.29) is 41.7 Å². The van der Waals surface area contributed by atoms with Gasteiger partial charge >= 0.3 is 11.9 Å². The Morgan fingerprint density at radius 3 is 1.93 bits per heavy atom. The fraction of sp³-hybridized carbons (Fsp3) is 0.913. The molecule has 0 radical (unpaired) electrons. The van der Waals surface area contributed by atoms with Gasteiger partial charge in [-0.15, -0.1) is 0 Å². The minimum Gasteiger partial charge on any atom is -0.464 e. The summed E-state index contributed by atoms with van der Waals surface area (Å²) in [4.78, 5) is 24.6. The molecule has 0 aliphatic heterocycles. The van der Waals surface area contributed by atoms with Crippen LogP contribution < -0.4 is 11.1 Å². The standard InChI is InChI=1S/C23H46N2O4/c1-20(2,3)15-17(21(4,5)6)19(27)29-23(9,10)12-14-25-13-11-18(26)28-16-22(7,8)24/h17,25H,11-16,24H2,1-10H3. The number of esters is 2. The lowest BCUT2D eigenvalue weighted by Gasteiger charge is -2.36. The topological polar surface area (TPSA) is 90.6 Å². The zero-order chi connectivity index (χ0) is 23.1.